The number of rotatable bonds is 5. The summed E-state index contributed by atoms with van der Waals surface area (Å²) in [5, 5.41) is 22.1. The largest absolute Gasteiger partial charge is 0.490 e. The van der Waals surface area contributed by atoms with Crippen LogP contribution in [0.25, 0.3) is 22.3 Å². The summed E-state index contributed by atoms with van der Waals surface area (Å²) >= 11 is 0. The standard InChI is InChI=1S/C21H20N8O.C2HF3O2/c22-3-1-19(15-9-17(12-23-10-15)28-5-7-30-8-6-28)29-13-16(11-27-29)20-18-2-4-24-21(18)26-14-25-20;3-2(4,5)1(6)7/h2,4,9-14,19H,1,5-8H2,(H,24,25,26);(H,6,7). The number of carbonyl (C=O) groups is 1. The molecule has 5 rings (SSSR count). The van der Waals surface area contributed by atoms with Gasteiger partial charge in [-0.1, -0.05) is 0 Å². The van der Waals surface area contributed by atoms with Crippen molar-refractivity contribution in [3.8, 4) is 17.3 Å². The van der Waals surface area contributed by atoms with E-state index in [0.29, 0.717) is 19.6 Å². The molecule has 0 bridgehead atoms. The van der Waals surface area contributed by atoms with Crippen molar-refractivity contribution in [2.75, 3.05) is 31.2 Å². The molecule has 11 nitrogen and oxygen atoms in total. The highest BCUT2D eigenvalue weighted by molar-refractivity contribution is 5.90. The van der Waals surface area contributed by atoms with E-state index in [9.17, 15) is 18.4 Å². The van der Waals surface area contributed by atoms with Crippen molar-refractivity contribution in [3.05, 3.63) is 55.0 Å². The van der Waals surface area contributed by atoms with E-state index in [4.69, 9.17) is 14.6 Å². The quantitative estimate of drug-likeness (QED) is 0.410. The molecule has 1 aliphatic rings. The molecular formula is C23H21F3N8O3. The lowest BCUT2D eigenvalue weighted by Gasteiger charge is -2.29. The fourth-order valence-electron chi connectivity index (χ4n) is 3.81. The zero-order chi connectivity index (χ0) is 26.4. The normalized spacial score (nSPS) is 14.5. The number of nitrogens with zero attached hydrogens (tertiary/aromatic N) is 7. The fraction of sp³-hybridized carbons (Fsp3) is 0.304. The Morgan fingerprint density at radius 3 is 2.70 bits per heavy atom. The minimum Gasteiger partial charge on any atom is -0.475 e. The molecule has 1 aliphatic heterocycles. The molecule has 0 amide bonds. The Bertz CT molecular complexity index is 1410. The average Bonchev–Trinajstić information content (AvgIpc) is 3.58. The summed E-state index contributed by atoms with van der Waals surface area (Å²) in [5.41, 5.74) is 4.45. The molecule has 0 spiro atoms. The van der Waals surface area contributed by atoms with E-state index in [2.05, 4.69) is 42.1 Å². The number of ether oxygens (including phenoxy) is 1. The molecule has 1 fully saturated rings. The molecule has 2 N–H and O–H groups in total. The van der Waals surface area contributed by atoms with Crippen molar-refractivity contribution < 1.29 is 27.8 Å². The minimum absolute atomic E-state index is 0.235. The van der Waals surface area contributed by atoms with Gasteiger partial charge in [-0.05, 0) is 17.7 Å². The van der Waals surface area contributed by atoms with Crippen molar-refractivity contribution in [1.82, 2.24) is 29.7 Å². The predicted molar refractivity (Wildman–Crippen MR) is 124 cm³/mol. The fourth-order valence-corrected chi connectivity index (χ4v) is 3.81. The first-order chi connectivity index (χ1) is 17.8. The lowest BCUT2D eigenvalue weighted by atomic mass is 10.1. The molecule has 192 valence electrons. The number of aliphatic carboxylic acids is 1. The number of carboxylic acids is 1. The highest BCUT2D eigenvalue weighted by atomic mass is 19.4. The van der Waals surface area contributed by atoms with Crippen LogP contribution >= 0.6 is 0 Å². The average molecular weight is 514 g/mol. The molecule has 14 heteroatoms. The number of aromatic amines is 1. The van der Waals surface area contributed by atoms with E-state index in [0.717, 1.165) is 46.6 Å². The van der Waals surface area contributed by atoms with Gasteiger partial charge in [-0.15, -0.1) is 0 Å². The zero-order valence-electron chi connectivity index (χ0n) is 19.3. The summed E-state index contributed by atoms with van der Waals surface area (Å²) in [7, 11) is 0. The Kier molecular flexibility index (Phi) is 7.63. The number of pyridine rings is 1. The van der Waals surface area contributed by atoms with Crippen LogP contribution in [0.1, 0.15) is 18.0 Å². The van der Waals surface area contributed by atoms with Gasteiger partial charge in [-0.3, -0.25) is 9.67 Å². The van der Waals surface area contributed by atoms with E-state index >= 15 is 0 Å². The Hall–Kier alpha value is -4.51. The maximum Gasteiger partial charge on any atom is 0.490 e. The number of halogens is 3. The Balaban J connectivity index is 0.000000405. The molecule has 4 aromatic rings. The number of hydrogen-bond acceptors (Lipinski definition) is 8. The summed E-state index contributed by atoms with van der Waals surface area (Å²) in [6.07, 6.45) is 5.95. The molecule has 1 unspecified atom stereocenters. The number of nitriles is 1. The molecule has 5 heterocycles. The number of H-pyrrole nitrogens is 1. The van der Waals surface area contributed by atoms with Gasteiger partial charge in [0.15, 0.2) is 0 Å². The van der Waals surface area contributed by atoms with Gasteiger partial charge in [-0.2, -0.15) is 23.5 Å². The van der Waals surface area contributed by atoms with Gasteiger partial charge in [0.25, 0.3) is 0 Å². The summed E-state index contributed by atoms with van der Waals surface area (Å²) in [4.78, 5) is 27.4. The van der Waals surface area contributed by atoms with Gasteiger partial charge in [0.05, 0.1) is 55.5 Å². The summed E-state index contributed by atoms with van der Waals surface area (Å²) in [6.45, 7) is 3.09. The predicted octanol–water partition coefficient (Wildman–Crippen LogP) is 3.19. The first-order valence-electron chi connectivity index (χ1n) is 11.0. The van der Waals surface area contributed by atoms with Crippen LogP contribution in [0.15, 0.2) is 49.4 Å². The third-order valence-corrected chi connectivity index (χ3v) is 5.58. The van der Waals surface area contributed by atoms with E-state index in [1.54, 1.807) is 6.20 Å². The number of alkyl halides is 3. The monoisotopic (exact) mass is 514 g/mol. The van der Waals surface area contributed by atoms with Gasteiger partial charge in [-0.25, -0.2) is 14.8 Å². The second-order valence-electron chi connectivity index (χ2n) is 7.93. The van der Waals surface area contributed by atoms with Crippen molar-refractivity contribution in [2.24, 2.45) is 0 Å². The minimum atomic E-state index is -5.08. The van der Waals surface area contributed by atoms with Crippen LogP contribution in [0, 0.1) is 11.3 Å². The molecule has 1 saturated heterocycles. The third-order valence-electron chi connectivity index (χ3n) is 5.58. The highest BCUT2D eigenvalue weighted by Gasteiger charge is 2.38. The van der Waals surface area contributed by atoms with Gasteiger partial charge < -0.3 is 19.7 Å². The maximum absolute atomic E-state index is 10.6. The number of morpholine rings is 1. The van der Waals surface area contributed by atoms with E-state index < -0.39 is 12.1 Å². The number of anilines is 1. The molecule has 4 aromatic heterocycles. The summed E-state index contributed by atoms with van der Waals surface area (Å²) in [6, 6.07) is 6.09. The Morgan fingerprint density at radius 2 is 2.00 bits per heavy atom. The second kappa shape index (κ2) is 11.0. The number of carboxylic acid groups (broad SMARTS) is 1. The summed E-state index contributed by atoms with van der Waals surface area (Å²) < 4.78 is 39.0. The van der Waals surface area contributed by atoms with Crippen LogP contribution < -0.4 is 4.90 Å². The van der Waals surface area contributed by atoms with E-state index in [1.165, 1.54) is 6.33 Å². The van der Waals surface area contributed by atoms with Crippen molar-refractivity contribution in [1.29, 1.82) is 5.26 Å². The number of nitrogens with one attached hydrogen (secondary N) is 1. The molecule has 0 saturated carbocycles. The van der Waals surface area contributed by atoms with Crippen LogP contribution in [0.5, 0.6) is 0 Å². The van der Waals surface area contributed by atoms with Crippen LogP contribution in [0.3, 0.4) is 0 Å². The number of hydrogen-bond donors (Lipinski definition) is 2. The third kappa shape index (κ3) is 6.01. The maximum atomic E-state index is 10.6. The van der Waals surface area contributed by atoms with Crippen molar-refractivity contribution in [2.45, 2.75) is 18.6 Å². The smallest absolute Gasteiger partial charge is 0.475 e. The van der Waals surface area contributed by atoms with Gasteiger partial charge in [0.1, 0.15) is 12.0 Å². The first-order valence-corrected chi connectivity index (χ1v) is 11.0. The Labute approximate surface area is 208 Å². The van der Waals surface area contributed by atoms with Gasteiger partial charge in [0, 0.05) is 42.6 Å². The number of fused-ring (bicyclic) bond motifs is 1. The lowest BCUT2D eigenvalue weighted by molar-refractivity contribution is -0.192. The Morgan fingerprint density at radius 1 is 1.24 bits per heavy atom. The summed E-state index contributed by atoms with van der Waals surface area (Å²) in [5.74, 6) is -2.76. The van der Waals surface area contributed by atoms with Crippen molar-refractivity contribution in [3.63, 3.8) is 0 Å². The molecule has 0 radical (unpaired) electrons. The van der Waals surface area contributed by atoms with Gasteiger partial charge in [0.2, 0.25) is 0 Å². The molecule has 1 atom stereocenters. The van der Waals surface area contributed by atoms with Crippen molar-refractivity contribution >= 4 is 22.7 Å². The van der Waals surface area contributed by atoms with Crippen LogP contribution in [0.2, 0.25) is 0 Å². The zero-order valence-corrected chi connectivity index (χ0v) is 19.3. The highest BCUT2D eigenvalue weighted by Crippen LogP contribution is 2.29. The molecular weight excluding hydrogens is 493 g/mol. The molecule has 37 heavy (non-hydrogen) atoms. The van der Waals surface area contributed by atoms with Crippen LogP contribution in [-0.4, -0.2) is 73.3 Å². The van der Waals surface area contributed by atoms with E-state index in [1.807, 2.05) is 35.5 Å². The second-order valence-corrected chi connectivity index (χ2v) is 7.93. The number of aromatic nitrogens is 6. The molecule has 0 aliphatic carbocycles. The topological polar surface area (TPSA) is 146 Å². The SMILES string of the molecule is N#CCC(c1cncc(N2CCOCC2)c1)n1cc(-c2ncnc3[nH]ccc23)cn1.O=C(O)C(F)(F)F. The van der Waals surface area contributed by atoms with Crippen LogP contribution in [0.4, 0.5) is 18.9 Å². The van der Waals surface area contributed by atoms with Gasteiger partial charge >= 0.3 is 12.1 Å². The molecule has 0 aromatic carbocycles. The van der Waals surface area contributed by atoms with E-state index in [-0.39, 0.29) is 6.04 Å². The lowest BCUT2D eigenvalue weighted by Crippen LogP contribution is -2.36. The van der Waals surface area contributed by atoms with Crippen LogP contribution in [-0.2, 0) is 9.53 Å². The first kappa shape index (κ1) is 25.6.